The van der Waals surface area contributed by atoms with Gasteiger partial charge in [0.05, 0.1) is 0 Å². The minimum atomic E-state index is -0.818. The molecule has 0 aliphatic heterocycles. The summed E-state index contributed by atoms with van der Waals surface area (Å²) in [6.07, 6.45) is 65.0. The molecule has 0 aromatic carbocycles. The molecule has 0 rings (SSSR count). The number of allylic oxidation sites excluding steroid dienone is 18. The monoisotopic (exact) mass is 845 g/mol. The number of esters is 3. The Labute approximate surface area is 374 Å². The first-order chi connectivity index (χ1) is 30.0. The average Bonchev–Trinajstić information content (AvgIpc) is 3.26. The van der Waals surface area contributed by atoms with Crippen molar-refractivity contribution < 1.29 is 28.6 Å². The topological polar surface area (TPSA) is 78.9 Å². The molecule has 6 heteroatoms. The molecule has 1 unspecified atom stereocenters. The van der Waals surface area contributed by atoms with E-state index in [1.54, 1.807) is 0 Å². The predicted octanol–water partition coefficient (Wildman–Crippen LogP) is 16.0. The van der Waals surface area contributed by atoms with Gasteiger partial charge in [-0.15, -0.1) is 0 Å². The lowest BCUT2D eigenvalue weighted by molar-refractivity contribution is -0.167. The van der Waals surface area contributed by atoms with E-state index in [1.807, 2.05) is 24.3 Å². The highest BCUT2D eigenvalue weighted by Crippen LogP contribution is 2.12. The minimum absolute atomic E-state index is 0.116. The second-order valence-corrected chi connectivity index (χ2v) is 15.7. The highest BCUT2D eigenvalue weighted by Gasteiger charge is 2.19. The van der Waals surface area contributed by atoms with Gasteiger partial charge in [0, 0.05) is 19.3 Å². The molecular weight excluding hydrogens is 757 g/mol. The first kappa shape index (κ1) is 57.1. The van der Waals surface area contributed by atoms with Crippen molar-refractivity contribution in [3.05, 3.63) is 109 Å². The van der Waals surface area contributed by atoms with Crippen molar-refractivity contribution in [1.82, 2.24) is 0 Å². The van der Waals surface area contributed by atoms with E-state index in [2.05, 4.69) is 106 Å². The lowest BCUT2D eigenvalue weighted by Crippen LogP contribution is -2.30. The van der Waals surface area contributed by atoms with Crippen LogP contribution in [0.2, 0.25) is 0 Å². The zero-order chi connectivity index (χ0) is 44.4. The van der Waals surface area contributed by atoms with Crippen LogP contribution in [0.5, 0.6) is 0 Å². The molecule has 0 fully saturated rings. The Bertz CT molecular complexity index is 1290. The van der Waals surface area contributed by atoms with Crippen LogP contribution in [0.25, 0.3) is 0 Å². The smallest absolute Gasteiger partial charge is 0.306 e. The van der Waals surface area contributed by atoms with Gasteiger partial charge in [-0.05, 0) is 96.3 Å². The molecule has 0 saturated carbocycles. The summed E-state index contributed by atoms with van der Waals surface area (Å²) in [4.78, 5) is 37.9. The van der Waals surface area contributed by atoms with Crippen LogP contribution in [0.15, 0.2) is 109 Å². The van der Waals surface area contributed by atoms with Gasteiger partial charge in [-0.25, -0.2) is 0 Å². The first-order valence-corrected chi connectivity index (χ1v) is 24.5. The highest BCUT2D eigenvalue weighted by molar-refractivity contribution is 5.71. The fourth-order valence-electron chi connectivity index (χ4n) is 6.22. The lowest BCUT2D eigenvalue weighted by Gasteiger charge is -2.18. The molecule has 0 aromatic rings. The summed E-state index contributed by atoms with van der Waals surface area (Å²) >= 11 is 0. The summed E-state index contributed by atoms with van der Waals surface area (Å²) in [7, 11) is 0. The Hall–Kier alpha value is -3.93. The Morgan fingerprint density at radius 1 is 0.361 bits per heavy atom. The predicted molar refractivity (Wildman–Crippen MR) is 260 cm³/mol. The number of ether oxygens (including phenoxy) is 3. The molecule has 0 bridgehead atoms. The molecule has 0 spiro atoms. The van der Waals surface area contributed by atoms with E-state index >= 15 is 0 Å². The molecule has 0 heterocycles. The van der Waals surface area contributed by atoms with Crippen LogP contribution in [0.4, 0.5) is 0 Å². The number of carbonyl (C=O) groups is 3. The number of hydrogen-bond donors (Lipinski definition) is 0. The lowest BCUT2D eigenvalue weighted by atomic mass is 10.1. The van der Waals surface area contributed by atoms with E-state index in [0.29, 0.717) is 19.3 Å². The van der Waals surface area contributed by atoms with Crippen molar-refractivity contribution in [2.75, 3.05) is 13.2 Å². The summed E-state index contributed by atoms with van der Waals surface area (Å²) in [5, 5.41) is 0. The van der Waals surface area contributed by atoms with E-state index in [1.165, 1.54) is 44.9 Å². The number of rotatable bonds is 42. The van der Waals surface area contributed by atoms with Crippen LogP contribution in [0, 0.1) is 0 Å². The standard InChI is InChI=1S/C55H88O6/c1-4-7-10-13-16-19-22-25-27-29-30-33-36-39-42-45-48-54(57)60-51-52(50-59-53(56)47-44-41-38-35-32-24-21-18-15-12-9-6-3)61-55(58)49-46-43-40-37-34-31-28-26-23-20-17-14-11-8-5-2/h8-9,11-12,14,17-18,20-21,23,26-30,32-33,35,52H,4-7,10,13,15-16,19,22,24-25,31,34,36-51H2,1-3H3/b11-8-,12-9-,17-14-,21-18-,23-20-,28-26-,29-27-,33-30-,35-32-. The SMILES string of the molecule is CC\C=C/C=C\C=C/C=C\CCCCCCCC(=O)OC(COC(=O)CCCC/C=C\C/C=C\C/C=C\CC)COC(=O)CCCCC/C=C\C=C/CCCCCCCCC. The Kier molecular flexibility index (Phi) is 45.6. The van der Waals surface area contributed by atoms with Crippen molar-refractivity contribution in [1.29, 1.82) is 0 Å². The normalized spacial score (nSPS) is 13.0. The molecule has 0 radical (unpaired) electrons. The molecule has 0 aromatic heterocycles. The molecule has 61 heavy (non-hydrogen) atoms. The third-order valence-electron chi connectivity index (χ3n) is 9.86. The summed E-state index contributed by atoms with van der Waals surface area (Å²) in [5.41, 5.74) is 0. The van der Waals surface area contributed by atoms with Gasteiger partial charge in [0.2, 0.25) is 0 Å². The van der Waals surface area contributed by atoms with Crippen LogP contribution < -0.4 is 0 Å². The van der Waals surface area contributed by atoms with Crippen molar-refractivity contribution in [3.8, 4) is 0 Å². The van der Waals surface area contributed by atoms with Crippen molar-refractivity contribution in [3.63, 3.8) is 0 Å². The number of unbranched alkanes of at least 4 members (excludes halogenated alkanes) is 17. The minimum Gasteiger partial charge on any atom is -0.462 e. The fraction of sp³-hybridized carbons (Fsp3) is 0.618. The third-order valence-corrected chi connectivity index (χ3v) is 9.86. The third kappa shape index (κ3) is 47.0. The average molecular weight is 845 g/mol. The van der Waals surface area contributed by atoms with Crippen LogP contribution in [0.3, 0.4) is 0 Å². The van der Waals surface area contributed by atoms with Crippen LogP contribution >= 0.6 is 0 Å². The van der Waals surface area contributed by atoms with Gasteiger partial charge >= 0.3 is 17.9 Å². The first-order valence-electron chi connectivity index (χ1n) is 24.5. The van der Waals surface area contributed by atoms with Gasteiger partial charge in [-0.2, -0.15) is 0 Å². The molecule has 0 N–H and O–H groups in total. The van der Waals surface area contributed by atoms with Gasteiger partial charge in [0.1, 0.15) is 13.2 Å². The van der Waals surface area contributed by atoms with E-state index in [-0.39, 0.29) is 37.5 Å². The van der Waals surface area contributed by atoms with Gasteiger partial charge < -0.3 is 14.2 Å². The van der Waals surface area contributed by atoms with Crippen LogP contribution in [-0.2, 0) is 28.6 Å². The van der Waals surface area contributed by atoms with E-state index in [4.69, 9.17) is 14.2 Å². The molecule has 0 amide bonds. The molecule has 6 nitrogen and oxygen atoms in total. The van der Waals surface area contributed by atoms with Crippen LogP contribution in [0.1, 0.15) is 201 Å². The molecule has 0 aliphatic carbocycles. The summed E-state index contributed by atoms with van der Waals surface area (Å²) in [5.74, 6) is -1.01. The fourth-order valence-corrected chi connectivity index (χ4v) is 6.22. The Balaban J connectivity index is 4.54. The van der Waals surface area contributed by atoms with E-state index in [0.717, 1.165) is 109 Å². The molecule has 1 atom stereocenters. The second kappa shape index (κ2) is 48.7. The zero-order valence-electron chi connectivity index (χ0n) is 39.1. The van der Waals surface area contributed by atoms with Crippen molar-refractivity contribution in [2.24, 2.45) is 0 Å². The Morgan fingerprint density at radius 3 is 1.26 bits per heavy atom. The van der Waals surface area contributed by atoms with Gasteiger partial charge in [-0.1, -0.05) is 194 Å². The van der Waals surface area contributed by atoms with Crippen molar-refractivity contribution in [2.45, 2.75) is 207 Å². The van der Waals surface area contributed by atoms with Crippen LogP contribution in [-0.4, -0.2) is 37.2 Å². The highest BCUT2D eigenvalue weighted by atomic mass is 16.6. The van der Waals surface area contributed by atoms with Crippen molar-refractivity contribution >= 4 is 17.9 Å². The maximum Gasteiger partial charge on any atom is 0.306 e. The second-order valence-electron chi connectivity index (χ2n) is 15.7. The molecular formula is C55H88O6. The summed E-state index contributed by atoms with van der Waals surface area (Å²) < 4.78 is 16.7. The molecule has 344 valence electrons. The van der Waals surface area contributed by atoms with Gasteiger partial charge in [0.25, 0.3) is 0 Å². The maximum atomic E-state index is 12.8. The number of carbonyl (C=O) groups excluding carboxylic acids is 3. The van der Waals surface area contributed by atoms with E-state index < -0.39 is 6.10 Å². The van der Waals surface area contributed by atoms with Gasteiger partial charge in [0.15, 0.2) is 6.10 Å². The molecule has 0 aliphatic rings. The summed E-state index contributed by atoms with van der Waals surface area (Å²) in [6.45, 7) is 6.28. The molecule has 0 saturated heterocycles. The van der Waals surface area contributed by atoms with Gasteiger partial charge in [-0.3, -0.25) is 14.4 Å². The zero-order valence-corrected chi connectivity index (χ0v) is 39.1. The Morgan fingerprint density at radius 2 is 0.721 bits per heavy atom. The maximum absolute atomic E-state index is 12.8. The number of hydrogen-bond acceptors (Lipinski definition) is 6. The quantitative estimate of drug-likeness (QED) is 0.0200. The van der Waals surface area contributed by atoms with E-state index in [9.17, 15) is 14.4 Å². The largest absolute Gasteiger partial charge is 0.462 e. The summed E-state index contributed by atoms with van der Waals surface area (Å²) in [6, 6.07) is 0.